The fourth-order valence-electron chi connectivity index (χ4n) is 3.28. The zero-order valence-corrected chi connectivity index (χ0v) is 15.9. The molecule has 3 aromatic rings. The lowest BCUT2D eigenvalue weighted by Crippen LogP contribution is -2.33. The Bertz CT molecular complexity index is 1100. The Morgan fingerprint density at radius 3 is 2.14 bits per heavy atom. The molecule has 0 saturated carbocycles. The second-order valence-electron chi connectivity index (χ2n) is 6.31. The van der Waals surface area contributed by atoms with Gasteiger partial charge in [0, 0.05) is 11.8 Å². The molecule has 0 bridgehead atoms. The maximum atomic E-state index is 12.9. The van der Waals surface area contributed by atoms with Gasteiger partial charge in [0.05, 0.1) is 28.3 Å². The van der Waals surface area contributed by atoms with E-state index < -0.39 is 9.84 Å². The number of para-hydroxylation sites is 2. The SMILES string of the molecule is COc1cccc(NC(=O)CN2c3ccccc3S(=O)(=O)c3ccccc32)c1. The number of hydrogen-bond donors (Lipinski definition) is 1. The van der Waals surface area contributed by atoms with Crippen LogP contribution in [0.15, 0.2) is 82.6 Å². The Kier molecular flexibility index (Phi) is 4.52. The Hall–Kier alpha value is -3.32. The lowest BCUT2D eigenvalue weighted by Gasteiger charge is -2.32. The number of carbonyl (C=O) groups is 1. The molecule has 4 rings (SSSR count). The van der Waals surface area contributed by atoms with Crippen LogP contribution in [0.3, 0.4) is 0 Å². The smallest absolute Gasteiger partial charge is 0.244 e. The number of hydrogen-bond acceptors (Lipinski definition) is 5. The molecule has 0 atom stereocenters. The van der Waals surface area contributed by atoms with E-state index in [4.69, 9.17) is 4.74 Å². The molecule has 0 spiro atoms. The highest BCUT2D eigenvalue weighted by Crippen LogP contribution is 2.43. The Morgan fingerprint density at radius 1 is 0.929 bits per heavy atom. The number of amides is 1. The fourth-order valence-corrected chi connectivity index (χ4v) is 4.94. The molecule has 0 fully saturated rings. The molecule has 3 aromatic carbocycles. The van der Waals surface area contributed by atoms with Crippen molar-refractivity contribution in [3.63, 3.8) is 0 Å². The van der Waals surface area contributed by atoms with Crippen LogP contribution in [0.25, 0.3) is 0 Å². The fraction of sp³-hybridized carbons (Fsp3) is 0.0952. The van der Waals surface area contributed by atoms with Crippen molar-refractivity contribution in [2.45, 2.75) is 9.79 Å². The molecule has 1 aliphatic heterocycles. The van der Waals surface area contributed by atoms with Gasteiger partial charge in [0.25, 0.3) is 0 Å². The normalized spacial score (nSPS) is 14.0. The number of carbonyl (C=O) groups excluding carboxylic acids is 1. The second-order valence-corrected chi connectivity index (χ2v) is 8.19. The third-order valence-corrected chi connectivity index (χ3v) is 6.39. The van der Waals surface area contributed by atoms with Gasteiger partial charge < -0.3 is 15.0 Å². The molecule has 1 aliphatic rings. The van der Waals surface area contributed by atoms with Crippen molar-refractivity contribution in [2.75, 3.05) is 23.9 Å². The average Bonchev–Trinajstić information content (AvgIpc) is 2.71. The number of methoxy groups -OCH3 is 1. The van der Waals surface area contributed by atoms with Gasteiger partial charge in [-0.15, -0.1) is 0 Å². The van der Waals surface area contributed by atoms with E-state index in [-0.39, 0.29) is 22.2 Å². The minimum Gasteiger partial charge on any atom is -0.497 e. The summed E-state index contributed by atoms with van der Waals surface area (Å²) in [6.45, 7) is -0.0270. The lowest BCUT2D eigenvalue weighted by atomic mass is 10.2. The zero-order valence-electron chi connectivity index (χ0n) is 15.1. The van der Waals surface area contributed by atoms with Crippen LogP contribution < -0.4 is 15.0 Å². The number of rotatable bonds is 4. The lowest BCUT2D eigenvalue weighted by molar-refractivity contribution is -0.114. The van der Waals surface area contributed by atoms with Gasteiger partial charge in [-0.3, -0.25) is 4.79 Å². The average molecular weight is 394 g/mol. The molecule has 1 heterocycles. The summed E-state index contributed by atoms with van der Waals surface area (Å²) < 4.78 is 31.1. The van der Waals surface area contributed by atoms with Gasteiger partial charge in [-0.1, -0.05) is 30.3 Å². The van der Waals surface area contributed by atoms with Crippen LogP contribution in [0.4, 0.5) is 17.1 Å². The predicted molar refractivity (Wildman–Crippen MR) is 107 cm³/mol. The highest BCUT2D eigenvalue weighted by atomic mass is 32.2. The largest absolute Gasteiger partial charge is 0.497 e. The second kappa shape index (κ2) is 7.01. The number of fused-ring (bicyclic) bond motifs is 2. The van der Waals surface area contributed by atoms with E-state index >= 15 is 0 Å². The van der Waals surface area contributed by atoms with Crippen molar-refractivity contribution < 1.29 is 17.9 Å². The van der Waals surface area contributed by atoms with Crippen molar-refractivity contribution in [1.82, 2.24) is 0 Å². The van der Waals surface area contributed by atoms with Crippen molar-refractivity contribution in [3.05, 3.63) is 72.8 Å². The number of benzene rings is 3. The molecule has 6 nitrogen and oxygen atoms in total. The van der Waals surface area contributed by atoms with E-state index in [2.05, 4.69) is 5.32 Å². The third kappa shape index (κ3) is 3.10. The van der Waals surface area contributed by atoms with Crippen LogP contribution >= 0.6 is 0 Å². The van der Waals surface area contributed by atoms with Crippen molar-refractivity contribution in [2.24, 2.45) is 0 Å². The van der Waals surface area contributed by atoms with Gasteiger partial charge in [-0.05, 0) is 36.4 Å². The Balaban J connectivity index is 1.69. The molecule has 0 unspecified atom stereocenters. The first-order valence-corrected chi connectivity index (χ1v) is 10.1. The quantitative estimate of drug-likeness (QED) is 0.732. The summed E-state index contributed by atoms with van der Waals surface area (Å²) in [5.41, 5.74) is 1.58. The van der Waals surface area contributed by atoms with Crippen LogP contribution in [-0.4, -0.2) is 28.0 Å². The highest BCUT2D eigenvalue weighted by molar-refractivity contribution is 7.92. The number of anilines is 3. The molecule has 28 heavy (non-hydrogen) atoms. The summed E-state index contributed by atoms with van der Waals surface area (Å²) in [7, 11) is -2.07. The van der Waals surface area contributed by atoms with E-state index in [9.17, 15) is 13.2 Å². The van der Waals surface area contributed by atoms with E-state index in [0.29, 0.717) is 22.8 Å². The van der Waals surface area contributed by atoms with Crippen LogP contribution in [0, 0.1) is 0 Å². The molecule has 7 heteroatoms. The summed E-state index contributed by atoms with van der Waals surface area (Å²) in [6, 6.07) is 20.5. The van der Waals surface area contributed by atoms with E-state index in [0.717, 1.165) is 0 Å². The predicted octanol–water partition coefficient (Wildman–Crippen LogP) is 3.62. The number of nitrogens with zero attached hydrogens (tertiary/aromatic N) is 1. The third-order valence-electron chi connectivity index (χ3n) is 4.55. The number of sulfone groups is 1. The van der Waals surface area contributed by atoms with Crippen LogP contribution in [0.5, 0.6) is 5.75 Å². The molecular weight excluding hydrogens is 376 g/mol. The van der Waals surface area contributed by atoms with Gasteiger partial charge in [0.2, 0.25) is 15.7 Å². The maximum absolute atomic E-state index is 12.9. The van der Waals surface area contributed by atoms with E-state index in [1.165, 1.54) is 0 Å². The van der Waals surface area contributed by atoms with Gasteiger partial charge >= 0.3 is 0 Å². The first-order chi connectivity index (χ1) is 13.5. The first-order valence-electron chi connectivity index (χ1n) is 8.65. The Morgan fingerprint density at radius 2 is 1.54 bits per heavy atom. The summed E-state index contributed by atoms with van der Waals surface area (Å²) in [4.78, 5) is 14.8. The molecule has 1 amide bonds. The summed E-state index contributed by atoms with van der Waals surface area (Å²) in [6.07, 6.45) is 0. The molecule has 0 aliphatic carbocycles. The molecule has 1 N–H and O–H groups in total. The van der Waals surface area contributed by atoms with Crippen LogP contribution in [-0.2, 0) is 14.6 Å². The van der Waals surface area contributed by atoms with Gasteiger partial charge in [0.15, 0.2) is 0 Å². The first kappa shape index (κ1) is 18.1. The monoisotopic (exact) mass is 394 g/mol. The summed E-state index contributed by atoms with van der Waals surface area (Å²) in [5.74, 6) is 0.370. The summed E-state index contributed by atoms with van der Waals surface area (Å²) >= 11 is 0. The van der Waals surface area contributed by atoms with Crippen LogP contribution in [0.1, 0.15) is 0 Å². The number of ether oxygens (including phenoxy) is 1. The van der Waals surface area contributed by atoms with E-state index in [1.54, 1.807) is 84.8 Å². The van der Waals surface area contributed by atoms with E-state index in [1.807, 2.05) is 0 Å². The van der Waals surface area contributed by atoms with Crippen molar-refractivity contribution in [1.29, 1.82) is 0 Å². The molecule has 0 aromatic heterocycles. The van der Waals surface area contributed by atoms with Crippen molar-refractivity contribution in [3.8, 4) is 5.75 Å². The number of nitrogens with one attached hydrogen (secondary N) is 1. The molecule has 0 saturated heterocycles. The van der Waals surface area contributed by atoms with Gasteiger partial charge in [0.1, 0.15) is 12.3 Å². The minimum absolute atomic E-state index is 0.0270. The highest BCUT2D eigenvalue weighted by Gasteiger charge is 2.34. The van der Waals surface area contributed by atoms with Crippen molar-refractivity contribution >= 4 is 32.8 Å². The molecule has 0 radical (unpaired) electrons. The zero-order chi connectivity index (χ0) is 19.7. The standard InChI is InChI=1S/C21H18N2O4S/c1-27-16-8-6-7-15(13-16)22-21(24)14-23-17-9-2-4-11-19(17)28(25,26)20-12-5-3-10-18(20)23/h2-13H,14H2,1H3,(H,22,24). The van der Waals surface area contributed by atoms with Gasteiger partial charge in [-0.25, -0.2) is 8.42 Å². The Labute approximate surface area is 163 Å². The molecule has 142 valence electrons. The molecular formula is C21H18N2O4S. The topological polar surface area (TPSA) is 75.7 Å². The minimum atomic E-state index is -3.63. The van der Waals surface area contributed by atoms with Crippen LogP contribution in [0.2, 0.25) is 0 Å². The van der Waals surface area contributed by atoms with Gasteiger partial charge in [-0.2, -0.15) is 0 Å². The summed E-state index contributed by atoms with van der Waals surface area (Å²) in [5, 5.41) is 2.84. The maximum Gasteiger partial charge on any atom is 0.244 e.